The number of anilines is 1. The predicted octanol–water partition coefficient (Wildman–Crippen LogP) is -0.224. The molecule has 1 atom stereocenters. The highest BCUT2D eigenvalue weighted by atomic mass is 16.5. The summed E-state index contributed by atoms with van der Waals surface area (Å²) < 4.78 is 5.20. The summed E-state index contributed by atoms with van der Waals surface area (Å²) in [4.78, 5) is 40.3. The van der Waals surface area contributed by atoms with Crippen LogP contribution < -0.4 is 20.3 Å². The first-order valence-corrected chi connectivity index (χ1v) is 7.07. The Bertz CT molecular complexity index is 750. The van der Waals surface area contributed by atoms with Crippen molar-refractivity contribution in [3.63, 3.8) is 0 Å². The third kappa shape index (κ3) is 2.94. The van der Waals surface area contributed by atoms with Crippen LogP contribution in [0.2, 0.25) is 0 Å². The number of carbonyl (C=O) groups excluding carboxylic acids is 3. The monoisotopic (exact) mass is 314 g/mol. The van der Waals surface area contributed by atoms with Crippen LogP contribution in [0, 0.1) is 11.8 Å². The third-order valence-corrected chi connectivity index (χ3v) is 3.52. The fourth-order valence-electron chi connectivity index (χ4n) is 2.39. The van der Waals surface area contributed by atoms with E-state index in [1.807, 2.05) is 0 Å². The molecule has 2 aliphatic heterocycles. The topological polar surface area (TPSA) is 101 Å². The molecule has 8 nitrogen and oxygen atoms in total. The number of imide groups is 1. The highest BCUT2D eigenvalue weighted by Gasteiger charge is 2.28. The van der Waals surface area contributed by atoms with Gasteiger partial charge in [0.2, 0.25) is 5.91 Å². The maximum absolute atomic E-state index is 11.8. The second-order valence-electron chi connectivity index (χ2n) is 5.03. The van der Waals surface area contributed by atoms with Gasteiger partial charge in [0.15, 0.2) is 17.5 Å². The minimum atomic E-state index is -0.925. The standard InChI is InChI=1S/C15H14N4O4/c1-23-11-6-7-12(19-8-2-3-13(19)20)16-9(11)4-5-10-14(21)18-15(22)17-10/h6-7,10H,2-3,8H2,1H3,(H2,17,18,21,22). The van der Waals surface area contributed by atoms with E-state index >= 15 is 0 Å². The summed E-state index contributed by atoms with van der Waals surface area (Å²) in [6.45, 7) is 0.617. The first-order valence-electron chi connectivity index (χ1n) is 7.07. The molecule has 0 radical (unpaired) electrons. The van der Waals surface area contributed by atoms with Gasteiger partial charge in [-0.1, -0.05) is 5.92 Å². The van der Waals surface area contributed by atoms with E-state index in [4.69, 9.17) is 4.74 Å². The number of urea groups is 1. The zero-order valence-electron chi connectivity index (χ0n) is 12.4. The van der Waals surface area contributed by atoms with Crippen molar-refractivity contribution in [2.75, 3.05) is 18.6 Å². The number of pyridine rings is 1. The van der Waals surface area contributed by atoms with Crippen LogP contribution in [-0.2, 0) is 9.59 Å². The van der Waals surface area contributed by atoms with E-state index < -0.39 is 18.0 Å². The Morgan fingerprint density at radius 2 is 2.17 bits per heavy atom. The zero-order valence-corrected chi connectivity index (χ0v) is 12.4. The first-order chi connectivity index (χ1) is 11.1. The Morgan fingerprint density at radius 3 is 2.78 bits per heavy atom. The number of rotatable bonds is 2. The van der Waals surface area contributed by atoms with Gasteiger partial charge in [-0.2, -0.15) is 0 Å². The summed E-state index contributed by atoms with van der Waals surface area (Å²) in [6.07, 6.45) is 1.30. The van der Waals surface area contributed by atoms with Crippen molar-refractivity contribution in [2.45, 2.75) is 18.9 Å². The van der Waals surface area contributed by atoms with E-state index in [0.29, 0.717) is 30.2 Å². The van der Waals surface area contributed by atoms with Crippen LogP contribution in [0.15, 0.2) is 12.1 Å². The highest BCUT2D eigenvalue weighted by Crippen LogP contribution is 2.24. The number of hydrogen-bond donors (Lipinski definition) is 2. The van der Waals surface area contributed by atoms with Gasteiger partial charge in [-0.3, -0.25) is 19.8 Å². The molecule has 2 fully saturated rings. The van der Waals surface area contributed by atoms with E-state index in [-0.39, 0.29) is 5.91 Å². The molecule has 2 saturated heterocycles. The van der Waals surface area contributed by atoms with E-state index in [2.05, 4.69) is 27.5 Å². The molecule has 0 spiro atoms. The molecule has 2 N–H and O–H groups in total. The number of nitrogens with zero attached hydrogens (tertiary/aromatic N) is 2. The van der Waals surface area contributed by atoms with Crippen LogP contribution >= 0.6 is 0 Å². The second kappa shape index (κ2) is 5.96. The lowest BCUT2D eigenvalue weighted by molar-refractivity contribution is -0.119. The summed E-state index contributed by atoms with van der Waals surface area (Å²) >= 11 is 0. The number of ether oxygens (including phenoxy) is 1. The molecular formula is C15H14N4O4. The SMILES string of the molecule is COc1ccc(N2CCCC2=O)nc1C#CC1NC(=O)NC1=O. The average molecular weight is 314 g/mol. The van der Waals surface area contributed by atoms with Crippen molar-refractivity contribution in [2.24, 2.45) is 0 Å². The van der Waals surface area contributed by atoms with Crippen molar-refractivity contribution in [3.8, 4) is 17.6 Å². The molecule has 1 aromatic heterocycles. The number of hydrogen-bond acceptors (Lipinski definition) is 5. The fraction of sp³-hybridized carbons (Fsp3) is 0.333. The maximum Gasteiger partial charge on any atom is 0.322 e. The molecule has 0 aliphatic carbocycles. The largest absolute Gasteiger partial charge is 0.494 e. The smallest absolute Gasteiger partial charge is 0.322 e. The summed E-state index contributed by atoms with van der Waals surface area (Å²) in [5, 5.41) is 4.48. The molecule has 0 saturated carbocycles. The lowest BCUT2D eigenvalue weighted by Crippen LogP contribution is -2.27. The minimum absolute atomic E-state index is 0.0176. The van der Waals surface area contributed by atoms with Crippen molar-refractivity contribution in [3.05, 3.63) is 17.8 Å². The van der Waals surface area contributed by atoms with Gasteiger partial charge in [0, 0.05) is 13.0 Å². The van der Waals surface area contributed by atoms with Crippen LogP contribution in [0.3, 0.4) is 0 Å². The van der Waals surface area contributed by atoms with Crippen LogP contribution in [0.1, 0.15) is 18.5 Å². The maximum atomic E-state index is 11.8. The van der Waals surface area contributed by atoms with Crippen molar-refractivity contribution in [1.29, 1.82) is 0 Å². The Balaban J connectivity index is 1.90. The fourth-order valence-corrected chi connectivity index (χ4v) is 2.39. The Kier molecular flexibility index (Phi) is 3.85. The van der Waals surface area contributed by atoms with Gasteiger partial charge in [0.05, 0.1) is 7.11 Å². The molecule has 0 bridgehead atoms. The van der Waals surface area contributed by atoms with Gasteiger partial charge in [-0.05, 0) is 24.5 Å². The Morgan fingerprint density at radius 1 is 1.35 bits per heavy atom. The molecule has 2 aliphatic rings. The van der Waals surface area contributed by atoms with Gasteiger partial charge in [0.25, 0.3) is 5.91 Å². The van der Waals surface area contributed by atoms with E-state index in [1.54, 1.807) is 17.0 Å². The highest BCUT2D eigenvalue weighted by molar-refractivity contribution is 6.05. The van der Waals surface area contributed by atoms with Crippen molar-refractivity contribution < 1.29 is 19.1 Å². The van der Waals surface area contributed by atoms with Gasteiger partial charge in [-0.25, -0.2) is 9.78 Å². The van der Waals surface area contributed by atoms with Crippen molar-refractivity contribution in [1.82, 2.24) is 15.6 Å². The van der Waals surface area contributed by atoms with Gasteiger partial charge in [0.1, 0.15) is 5.82 Å². The molecule has 4 amide bonds. The molecule has 118 valence electrons. The van der Waals surface area contributed by atoms with Crippen molar-refractivity contribution >= 4 is 23.7 Å². The van der Waals surface area contributed by atoms with Gasteiger partial charge >= 0.3 is 6.03 Å². The molecule has 8 heteroatoms. The number of aromatic nitrogens is 1. The molecular weight excluding hydrogens is 300 g/mol. The molecule has 1 aromatic rings. The van der Waals surface area contributed by atoms with Gasteiger partial charge < -0.3 is 10.1 Å². The predicted molar refractivity (Wildman–Crippen MR) is 79.7 cm³/mol. The summed E-state index contributed by atoms with van der Waals surface area (Å²) in [5.74, 6) is 5.81. The first kappa shape index (κ1) is 14.8. The summed E-state index contributed by atoms with van der Waals surface area (Å²) in [6, 6.07) is 1.86. The second-order valence-corrected chi connectivity index (χ2v) is 5.03. The van der Waals surface area contributed by atoms with E-state index in [1.165, 1.54) is 7.11 Å². The van der Waals surface area contributed by atoms with Crippen LogP contribution in [-0.4, -0.2) is 42.5 Å². The molecule has 3 heterocycles. The minimum Gasteiger partial charge on any atom is -0.494 e. The average Bonchev–Trinajstić information content (AvgIpc) is 3.10. The van der Waals surface area contributed by atoms with Crippen LogP contribution in [0.25, 0.3) is 0 Å². The number of carbonyl (C=O) groups is 3. The number of nitrogens with one attached hydrogen (secondary N) is 2. The molecule has 3 rings (SSSR count). The molecule has 23 heavy (non-hydrogen) atoms. The normalized spacial score (nSPS) is 20.0. The molecule has 1 unspecified atom stereocenters. The van der Waals surface area contributed by atoms with Crippen LogP contribution in [0.5, 0.6) is 5.75 Å². The number of amides is 4. The van der Waals surface area contributed by atoms with Crippen LogP contribution in [0.4, 0.5) is 10.6 Å². The zero-order chi connectivity index (χ0) is 16.4. The number of methoxy groups -OCH3 is 1. The Labute approximate surface area is 132 Å². The lowest BCUT2D eigenvalue weighted by atomic mass is 10.2. The lowest BCUT2D eigenvalue weighted by Gasteiger charge is -2.15. The Hall–Kier alpha value is -3.08. The van der Waals surface area contributed by atoms with Gasteiger partial charge in [-0.15, -0.1) is 0 Å². The molecule has 0 aromatic carbocycles. The van der Waals surface area contributed by atoms with E-state index in [0.717, 1.165) is 6.42 Å². The summed E-state index contributed by atoms with van der Waals surface area (Å²) in [7, 11) is 1.48. The quantitative estimate of drug-likeness (QED) is 0.580. The summed E-state index contributed by atoms with van der Waals surface area (Å²) in [5.41, 5.74) is 0.304. The third-order valence-electron chi connectivity index (χ3n) is 3.52. The van der Waals surface area contributed by atoms with E-state index in [9.17, 15) is 14.4 Å².